The minimum atomic E-state index is -0.547. The van der Waals surface area contributed by atoms with E-state index in [1.807, 2.05) is 53.4 Å². The van der Waals surface area contributed by atoms with Crippen molar-refractivity contribution >= 4 is 23.2 Å². The van der Waals surface area contributed by atoms with Crippen LogP contribution < -0.4 is 33.5 Å². The molecule has 2 amide bonds. The summed E-state index contributed by atoms with van der Waals surface area (Å²) in [7, 11) is 7.89. The van der Waals surface area contributed by atoms with Crippen LogP contribution in [0.25, 0.3) is 0 Å². The zero-order valence-corrected chi connectivity index (χ0v) is 25.4. The average Bonchev–Trinajstić information content (AvgIpc) is 3.07. The van der Waals surface area contributed by atoms with Crippen molar-refractivity contribution < 1.29 is 33.3 Å². The Balaban J connectivity index is 1.48. The predicted molar refractivity (Wildman–Crippen MR) is 164 cm³/mol. The fraction of sp³-hybridized carbons (Fsp3) is 0.394. The molecule has 0 unspecified atom stereocenters. The van der Waals surface area contributed by atoms with Gasteiger partial charge in [-0.3, -0.25) is 9.59 Å². The van der Waals surface area contributed by atoms with E-state index in [1.54, 1.807) is 31.3 Å². The van der Waals surface area contributed by atoms with Crippen molar-refractivity contribution in [1.82, 2.24) is 4.90 Å². The lowest BCUT2D eigenvalue weighted by molar-refractivity contribution is -0.138. The molecule has 0 radical (unpaired) electrons. The number of para-hydroxylation sites is 2. The second-order valence-electron chi connectivity index (χ2n) is 10.5. The first-order valence-corrected chi connectivity index (χ1v) is 14.4. The molecule has 3 aromatic carbocycles. The molecule has 2 aliphatic rings. The Bertz CT molecular complexity index is 1410. The van der Waals surface area contributed by atoms with E-state index in [-0.39, 0.29) is 18.2 Å². The molecule has 2 saturated heterocycles. The monoisotopic (exact) mass is 589 g/mol. The Morgan fingerprint density at radius 3 is 1.95 bits per heavy atom. The minimum Gasteiger partial charge on any atom is -0.497 e. The predicted octanol–water partition coefficient (Wildman–Crippen LogP) is 4.56. The third kappa shape index (κ3) is 5.86. The van der Waals surface area contributed by atoms with Crippen LogP contribution in [-0.2, 0) is 9.59 Å². The van der Waals surface area contributed by atoms with Crippen LogP contribution in [0.3, 0.4) is 0 Å². The van der Waals surface area contributed by atoms with Crippen LogP contribution in [0, 0.1) is 5.92 Å². The van der Waals surface area contributed by atoms with Crippen LogP contribution in [0.4, 0.5) is 11.4 Å². The van der Waals surface area contributed by atoms with E-state index >= 15 is 0 Å². The highest BCUT2D eigenvalue weighted by Crippen LogP contribution is 2.47. The third-order valence-electron chi connectivity index (χ3n) is 8.32. The van der Waals surface area contributed by atoms with Gasteiger partial charge in [0.25, 0.3) is 0 Å². The van der Waals surface area contributed by atoms with Gasteiger partial charge in [0, 0.05) is 44.7 Å². The maximum absolute atomic E-state index is 14.3. The first-order valence-electron chi connectivity index (χ1n) is 14.4. The molecule has 2 fully saturated rings. The molecule has 0 saturated carbocycles. The second kappa shape index (κ2) is 13.1. The second-order valence-corrected chi connectivity index (χ2v) is 10.5. The maximum Gasteiger partial charge on any atom is 0.228 e. The van der Waals surface area contributed by atoms with Crippen LogP contribution >= 0.6 is 0 Å². The number of hydrogen-bond donors (Lipinski definition) is 0. The highest BCUT2D eigenvalue weighted by atomic mass is 16.5. The quantitative estimate of drug-likeness (QED) is 0.359. The van der Waals surface area contributed by atoms with E-state index in [0.29, 0.717) is 61.3 Å². The number of ether oxygens (including phenoxy) is 5. The third-order valence-corrected chi connectivity index (χ3v) is 8.32. The summed E-state index contributed by atoms with van der Waals surface area (Å²) < 4.78 is 27.7. The molecule has 0 spiro atoms. The first kappa shape index (κ1) is 29.9. The summed E-state index contributed by atoms with van der Waals surface area (Å²) in [5.74, 6) is 2.29. The smallest absolute Gasteiger partial charge is 0.228 e. The van der Waals surface area contributed by atoms with Crippen LogP contribution in [0.15, 0.2) is 60.7 Å². The number of carbonyl (C=O) groups excluding carboxylic acids is 2. The summed E-state index contributed by atoms with van der Waals surface area (Å²) >= 11 is 0. The first-order chi connectivity index (χ1) is 20.9. The molecule has 228 valence electrons. The summed E-state index contributed by atoms with van der Waals surface area (Å²) in [6.45, 7) is 2.50. The standard InChI is InChI=1S/C33H39N3O7/c1-39-24-12-10-22(11-13-24)31-25(33(38)35-18-16-34(17-19-35)26-8-6-7-9-27(26)40-2)14-15-30(37)36(31)23-20-28(41-3)32(43-5)29(21-23)42-4/h6-13,20-21,25,31H,14-19H2,1-5H3/t25-,31-/m0/s1. The molecule has 2 aliphatic heterocycles. The lowest BCUT2D eigenvalue weighted by Crippen LogP contribution is -2.54. The SMILES string of the molecule is COc1ccc([C@H]2[C@@H](C(=O)N3CCN(c4ccccc4OC)CC3)CCC(=O)N2c2cc(OC)c(OC)c(OC)c2)cc1. The largest absolute Gasteiger partial charge is 0.497 e. The number of carbonyl (C=O) groups is 2. The Morgan fingerprint density at radius 1 is 0.744 bits per heavy atom. The van der Waals surface area contributed by atoms with Gasteiger partial charge in [-0.15, -0.1) is 0 Å². The average molecular weight is 590 g/mol. The van der Waals surface area contributed by atoms with Gasteiger partial charge in [0.15, 0.2) is 11.5 Å². The van der Waals surface area contributed by atoms with Gasteiger partial charge < -0.3 is 38.4 Å². The highest BCUT2D eigenvalue weighted by Gasteiger charge is 2.44. The van der Waals surface area contributed by atoms with Gasteiger partial charge in [0.05, 0.1) is 58.9 Å². The summed E-state index contributed by atoms with van der Waals surface area (Å²) in [5, 5.41) is 0. The zero-order chi connectivity index (χ0) is 30.5. The van der Waals surface area contributed by atoms with E-state index in [2.05, 4.69) is 4.90 Å². The summed E-state index contributed by atoms with van der Waals surface area (Å²) in [4.78, 5) is 33.9. The molecule has 0 bridgehead atoms. The number of piperidine rings is 1. The van der Waals surface area contributed by atoms with Crippen molar-refractivity contribution in [3.63, 3.8) is 0 Å². The lowest BCUT2D eigenvalue weighted by atomic mass is 9.82. The van der Waals surface area contributed by atoms with Crippen molar-refractivity contribution in [3.8, 4) is 28.7 Å². The Hall–Kier alpha value is -4.60. The number of benzene rings is 3. The Labute approximate surface area is 252 Å². The molecular weight excluding hydrogens is 550 g/mol. The number of piperazine rings is 1. The molecular formula is C33H39N3O7. The maximum atomic E-state index is 14.3. The highest BCUT2D eigenvalue weighted by molar-refractivity contribution is 5.98. The summed E-state index contributed by atoms with van der Waals surface area (Å²) in [6, 6.07) is 18.5. The lowest BCUT2D eigenvalue weighted by Gasteiger charge is -2.44. The molecule has 3 aromatic rings. The molecule has 2 atom stereocenters. The molecule has 43 heavy (non-hydrogen) atoms. The van der Waals surface area contributed by atoms with Gasteiger partial charge in [-0.1, -0.05) is 24.3 Å². The van der Waals surface area contributed by atoms with E-state index in [0.717, 1.165) is 17.0 Å². The van der Waals surface area contributed by atoms with Gasteiger partial charge in [-0.05, 0) is 36.2 Å². The van der Waals surface area contributed by atoms with Crippen LogP contribution in [-0.4, -0.2) is 78.4 Å². The zero-order valence-electron chi connectivity index (χ0n) is 25.4. The van der Waals surface area contributed by atoms with Gasteiger partial charge >= 0.3 is 0 Å². The van der Waals surface area contributed by atoms with Gasteiger partial charge in [-0.25, -0.2) is 0 Å². The van der Waals surface area contributed by atoms with Crippen LogP contribution in [0.1, 0.15) is 24.4 Å². The molecule has 0 N–H and O–H groups in total. The molecule has 0 aliphatic carbocycles. The van der Waals surface area contributed by atoms with Crippen molar-refractivity contribution in [1.29, 1.82) is 0 Å². The van der Waals surface area contributed by atoms with Crippen LogP contribution in [0.2, 0.25) is 0 Å². The summed E-state index contributed by atoms with van der Waals surface area (Å²) in [6.07, 6.45) is 0.683. The molecule has 2 heterocycles. The van der Waals surface area contributed by atoms with E-state index in [9.17, 15) is 9.59 Å². The number of amides is 2. The number of anilines is 2. The fourth-order valence-electron chi connectivity index (χ4n) is 6.14. The van der Waals surface area contributed by atoms with E-state index in [4.69, 9.17) is 23.7 Å². The Kier molecular flexibility index (Phi) is 9.13. The van der Waals surface area contributed by atoms with Gasteiger partial charge in [0.1, 0.15) is 11.5 Å². The summed E-state index contributed by atoms with van der Waals surface area (Å²) in [5.41, 5.74) is 2.43. The van der Waals surface area contributed by atoms with Crippen molar-refractivity contribution in [2.45, 2.75) is 18.9 Å². The number of methoxy groups -OCH3 is 5. The molecule has 0 aromatic heterocycles. The minimum absolute atomic E-state index is 0.0328. The normalized spacial score (nSPS) is 18.7. The number of nitrogens with zero attached hydrogens (tertiary/aromatic N) is 3. The topological polar surface area (TPSA) is 90.0 Å². The van der Waals surface area contributed by atoms with E-state index in [1.165, 1.54) is 21.3 Å². The molecule has 10 nitrogen and oxygen atoms in total. The van der Waals surface area contributed by atoms with Gasteiger partial charge in [0.2, 0.25) is 17.6 Å². The fourth-order valence-corrected chi connectivity index (χ4v) is 6.14. The van der Waals surface area contributed by atoms with Crippen molar-refractivity contribution in [2.75, 3.05) is 71.5 Å². The molecule has 5 rings (SSSR count). The van der Waals surface area contributed by atoms with Crippen molar-refractivity contribution in [3.05, 3.63) is 66.2 Å². The molecule has 10 heteroatoms. The number of rotatable bonds is 9. The number of hydrogen-bond acceptors (Lipinski definition) is 8. The van der Waals surface area contributed by atoms with Crippen molar-refractivity contribution in [2.24, 2.45) is 5.92 Å². The Morgan fingerprint density at radius 2 is 1.37 bits per heavy atom. The van der Waals surface area contributed by atoms with Gasteiger partial charge in [-0.2, -0.15) is 0 Å². The van der Waals surface area contributed by atoms with Crippen LogP contribution in [0.5, 0.6) is 28.7 Å². The van der Waals surface area contributed by atoms with E-state index < -0.39 is 12.0 Å².